The van der Waals surface area contributed by atoms with Crippen molar-refractivity contribution in [3.63, 3.8) is 0 Å². The molecule has 0 amide bonds. The van der Waals surface area contributed by atoms with E-state index in [0.717, 1.165) is 0 Å². The van der Waals surface area contributed by atoms with E-state index in [1.54, 1.807) is 0 Å². The Labute approximate surface area is 352 Å². The molecule has 0 radical (unpaired) electrons. The van der Waals surface area contributed by atoms with Gasteiger partial charge in [-0.15, -0.1) is 0 Å². The summed E-state index contributed by atoms with van der Waals surface area (Å²) in [5, 5.41) is 0. The van der Waals surface area contributed by atoms with Gasteiger partial charge in [-0.05, 0) is 175 Å². The average Bonchev–Trinajstić information content (AvgIpc) is 3.21. The quantitative estimate of drug-likeness (QED) is 0.143. The van der Waals surface area contributed by atoms with E-state index in [9.17, 15) is 0 Å². The molecule has 2 heteroatoms. The van der Waals surface area contributed by atoms with Gasteiger partial charge in [-0.3, -0.25) is 0 Å². The van der Waals surface area contributed by atoms with Crippen LogP contribution in [0.1, 0.15) is 50.1 Å². The first-order chi connectivity index (χ1) is 28.3. The Bertz CT molecular complexity index is 2940. The second-order valence-corrected chi connectivity index (χ2v) is 16.9. The van der Waals surface area contributed by atoms with Crippen molar-refractivity contribution in [2.45, 2.75) is 62.3 Å². The Kier molecular flexibility index (Phi) is 10.5. The topological polar surface area (TPSA) is 7.76 Å². The predicted molar refractivity (Wildman–Crippen MR) is 249 cm³/mol. The number of hydrogen-bond donors (Lipinski definition) is 0. The number of aryl methyl sites for hydroxylation is 10. The first-order valence-electron chi connectivity index (χ1n) is 20.9. The molecule has 0 saturated carbocycles. The second kappa shape index (κ2) is 15.8. The Morgan fingerprint density at radius 3 is 1.25 bits per heavy atom. The summed E-state index contributed by atoms with van der Waals surface area (Å²) >= 11 is 0. The Hall–Kier alpha value is -6.38. The largest absolute Gasteiger partial charge is 0.213 e. The third-order valence-corrected chi connectivity index (χ3v) is 12.7. The summed E-state index contributed by atoms with van der Waals surface area (Å²) in [7, 11) is 4.34. The smallest absolute Gasteiger partial charge is 0.201 e. The summed E-state index contributed by atoms with van der Waals surface area (Å²) in [6.45, 7) is 20.1. The molecule has 2 nitrogen and oxygen atoms in total. The van der Waals surface area contributed by atoms with E-state index < -0.39 is 0 Å². The van der Waals surface area contributed by atoms with Gasteiger partial charge in [0.1, 0.15) is 14.1 Å². The molecular weight excluding hydrogens is 713 g/mol. The molecule has 6 aromatic carbocycles. The molecule has 2 aromatic heterocycles. The lowest BCUT2D eigenvalue weighted by Gasteiger charge is -2.19. The van der Waals surface area contributed by atoms with Crippen LogP contribution in [0.4, 0.5) is 0 Å². The van der Waals surface area contributed by atoms with Crippen molar-refractivity contribution in [2.24, 2.45) is 14.1 Å². The number of rotatable bonds is 7. The number of aromatic nitrogens is 2. The molecule has 8 aromatic rings. The van der Waals surface area contributed by atoms with Crippen LogP contribution in [0.2, 0.25) is 0 Å². The van der Waals surface area contributed by atoms with E-state index in [-0.39, 0.29) is 0 Å². The van der Waals surface area contributed by atoms with Gasteiger partial charge < -0.3 is 0 Å². The fourth-order valence-electron chi connectivity index (χ4n) is 9.24. The van der Waals surface area contributed by atoms with Crippen LogP contribution in [0.3, 0.4) is 0 Å². The molecule has 0 N–H and O–H groups in total. The van der Waals surface area contributed by atoms with Gasteiger partial charge in [0.2, 0.25) is 11.4 Å². The molecule has 0 aliphatic heterocycles. The minimum absolute atomic E-state index is 1.21. The summed E-state index contributed by atoms with van der Waals surface area (Å²) in [5.74, 6) is 0. The van der Waals surface area contributed by atoms with Crippen molar-refractivity contribution in [2.75, 3.05) is 0 Å². The molecule has 0 saturated heterocycles. The maximum Gasteiger partial charge on any atom is 0.213 e. The van der Waals surface area contributed by atoms with Crippen molar-refractivity contribution in [1.29, 1.82) is 0 Å². The first-order valence-corrected chi connectivity index (χ1v) is 20.9. The normalized spacial score (nSPS) is 11.3. The van der Waals surface area contributed by atoms with Crippen molar-refractivity contribution in [3.05, 3.63) is 190 Å². The lowest BCUT2D eigenvalue weighted by molar-refractivity contribution is -0.660. The summed E-state index contributed by atoms with van der Waals surface area (Å²) in [6.07, 6.45) is 4.57. The minimum Gasteiger partial charge on any atom is -0.201 e. The van der Waals surface area contributed by atoms with Gasteiger partial charge in [-0.25, -0.2) is 9.13 Å². The zero-order chi connectivity index (χ0) is 41.7. The van der Waals surface area contributed by atoms with E-state index in [1.165, 1.54) is 128 Å². The zero-order valence-electron chi connectivity index (χ0n) is 36.7. The van der Waals surface area contributed by atoms with Crippen LogP contribution in [-0.2, 0) is 14.1 Å². The average molecular weight is 769 g/mol. The molecule has 2 heterocycles. The van der Waals surface area contributed by atoms with E-state index in [2.05, 4.69) is 225 Å². The minimum atomic E-state index is 1.21. The second-order valence-electron chi connectivity index (χ2n) is 16.9. The van der Waals surface area contributed by atoms with E-state index in [0.29, 0.717) is 0 Å². The summed E-state index contributed by atoms with van der Waals surface area (Å²) in [6, 6.07) is 47.6. The lowest BCUT2D eigenvalue weighted by atomic mass is 9.86. The summed E-state index contributed by atoms with van der Waals surface area (Å²) in [4.78, 5) is 0. The van der Waals surface area contributed by atoms with Crippen molar-refractivity contribution in [1.82, 2.24) is 0 Å². The molecule has 0 aliphatic carbocycles. The van der Waals surface area contributed by atoms with Crippen LogP contribution < -0.4 is 9.13 Å². The summed E-state index contributed by atoms with van der Waals surface area (Å²) < 4.78 is 4.57. The van der Waals surface area contributed by atoms with Gasteiger partial charge >= 0.3 is 0 Å². The molecule has 292 valence electrons. The summed E-state index contributed by atoms with van der Waals surface area (Å²) in [5.41, 5.74) is 29.1. The molecule has 0 unspecified atom stereocenters. The third kappa shape index (κ3) is 7.34. The molecule has 0 spiro atoms. The molecule has 59 heavy (non-hydrogen) atoms. The van der Waals surface area contributed by atoms with Crippen LogP contribution in [-0.4, -0.2) is 0 Å². The van der Waals surface area contributed by atoms with Crippen molar-refractivity contribution in [3.8, 4) is 78.1 Å². The van der Waals surface area contributed by atoms with Crippen molar-refractivity contribution >= 4 is 0 Å². The maximum absolute atomic E-state index is 2.42. The van der Waals surface area contributed by atoms with Gasteiger partial charge in [0, 0.05) is 34.4 Å². The standard InChI is InChI=1S/C57H56N2/c1-35-16-12-14-18-47(35)44-24-21-38(4)52(29-44)56-32-54(42(8)34-59(56)11)57-40(6)23-27-49(43(57)9)45-25-20-37(3)50(28-45)46-26-22-39(5)53(30-46)55-31-51(41(7)33-58(55)10)48-19-15-13-17-36(48)2/h12-34H,1-11H3/q+2. The number of hydrogen-bond acceptors (Lipinski definition) is 0. The zero-order valence-corrected chi connectivity index (χ0v) is 36.7. The van der Waals surface area contributed by atoms with E-state index in [1.807, 2.05) is 0 Å². The van der Waals surface area contributed by atoms with Crippen LogP contribution in [0.25, 0.3) is 78.1 Å². The molecular formula is C57H56N2+2. The van der Waals surface area contributed by atoms with Crippen LogP contribution in [0.5, 0.6) is 0 Å². The van der Waals surface area contributed by atoms with Crippen LogP contribution >= 0.6 is 0 Å². The van der Waals surface area contributed by atoms with Gasteiger partial charge in [0.25, 0.3) is 0 Å². The number of pyridine rings is 2. The molecule has 8 rings (SSSR count). The highest BCUT2D eigenvalue weighted by molar-refractivity contribution is 5.86. The number of nitrogens with zero attached hydrogens (tertiary/aromatic N) is 2. The fraction of sp³-hybridized carbons (Fsp3) is 0.193. The molecule has 0 aliphatic rings. The van der Waals surface area contributed by atoms with E-state index in [4.69, 9.17) is 0 Å². The van der Waals surface area contributed by atoms with Gasteiger partial charge in [0.05, 0.1) is 0 Å². The molecule has 0 fully saturated rings. The van der Waals surface area contributed by atoms with Crippen LogP contribution in [0, 0.1) is 62.3 Å². The molecule has 0 atom stereocenters. The third-order valence-electron chi connectivity index (χ3n) is 12.7. The maximum atomic E-state index is 2.42. The van der Waals surface area contributed by atoms with Gasteiger partial charge in [-0.2, -0.15) is 0 Å². The molecule has 0 bridgehead atoms. The Balaban J connectivity index is 1.21. The monoisotopic (exact) mass is 768 g/mol. The van der Waals surface area contributed by atoms with Gasteiger partial charge in [-0.1, -0.05) is 97.1 Å². The Morgan fingerprint density at radius 1 is 0.288 bits per heavy atom. The highest BCUT2D eigenvalue weighted by Gasteiger charge is 2.23. The van der Waals surface area contributed by atoms with E-state index >= 15 is 0 Å². The fourth-order valence-corrected chi connectivity index (χ4v) is 9.24. The van der Waals surface area contributed by atoms with Crippen LogP contribution in [0.15, 0.2) is 140 Å². The predicted octanol–water partition coefficient (Wildman–Crippen LogP) is 13.8. The Morgan fingerprint density at radius 2 is 0.695 bits per heavy atom. The highest BCUT2D eigenvalue weighted by atomic mass is 14.9. The first kappa shape index (κ1) is 39.4. The SMILES string of the molecule is Cc1ccccc1-c1ccc(C)c(-c2cc(-c3c(C)ccc(-c4ccc(C)c(-c5ccc(C)c(-c6cc(-c7ccccc7C)c(C)c[n+]6C)c5)c4)c3C)c(C)c[n+]2C)c1. The highest BCUT2D eigenvalue weighted by Crippen LogP contribution is 2.40. The number of benzene rings is 6. The lowest BCUT2D eigenvalue weighted by Crippen LogP contribution is -2.31. The van der Waals surface area contributed by atoms with Crippen molar-refractivity contribution < 1.29 is 9.13 Å². The van der Waals surface area contributed by atoms with Gasteiger partial charge in [0.15, 0.2) is 12.4 Å².